The Morgan fingerprint density at radius 2 is 2.11 bits per heavy atom. The van der Waals surface area contributed by atoms with Crippen LogP contribution in [-0.4, -0.2) is 59.1 Å². The number of nitrogens with one attached hydrogen (secondary N) is 2. The summed E-state index contributed by atoms with van der Waals surface area (Å²) < 4.78 is 0. The molecule has 7 heteroatoms. The van der Waals surface area contributed by atoms with E-state index >= 15 is 0 Å². The van der Waals surface area contributed by atoms with Crippen LogP contribution in [0.1, 0.15) is 36.4 Å². The van der Waals surface area contributed by atoms with E-state index in [9.17, 15) is 9.59 Å². The van der Waals surface area contributed by atoms with Crippen molar-refractivity contribution in [1.29, 1.82) is 0 Å². The number of urea groups is 1. The van der Waals surface area contributed by atoms with Gasteiger partial charge in [0, 0.05) is 57.1 Å². The van der Waals surface area contributed by atoms with E-state index in [4.69, 9.17) is 0 Å². The Bertz CT molecular complexity index is 772. The van der Waals surface area contributed by atoms with Gasteiger partial charge in [0.2, 0.25) is 5.91 Å². The number of rotatable bonds is 5. The molecular formula is C20H27N5O2. The molecule has 1 unspecified atom stereocenters. The third-order valence-corrected chi connectivity index (χ3v) is 5.04. The van der Waals surface area contributed by atoms with Crippen molar-refractivity contribution in [1.82, 2.24) is 20.0 Å². The lowest BCUT2D eigenvalue weighted by atomic mass is 9.95. The highest BCUT2D eigenvalue weighted by atomic mass is 16.2. The first-order valence-corrected chi connectivity index (χ1v) is 9.38. The van der Waals surface area contributed by atoms with E-state index in [0.717, 1.165) is 36.3 Å². The number of aromatic nitrogens is 2. The van der Waals surface area contributed by atoms with Crippen LogP contribution < -0.4 is 5.32 Å². The van der Waals surface area contributed by atoms with E-state index in [2.05, 4.69) is 15.5 Å². The van der Waals surface area contributed by atoms with Crippen molar-refractivity contribution >= 4 is 17.6 Å². The second kappa shape index (κ2) is 8.70. The second-order valence-electron chi connectivity index (χ2n) is 7.17. The number of aryl methyl sites for hydroxylation is 1. The van der Waals surface area contributed by atoms with Gasteiger partial charge in [-0.05, 0) is 37.0 Å². The summed E-state index contributed by atoms with van der Waals surface area (Å²) in [5.41, 5.74) is 2.83. The van der Waals surface area contributed by atoms with Crippen molar-refractivity contribution in [3.63, 3.8) is 0 Å². The first kappa shape index (κ1) is 18.9. The molecule has 1 aliphatic heterocycles. The van der Waals surface area contributed by atoms with Crippen molar-refractivity contribution in [2.45, 2.75) is 31.6 Å². The van der Waals surface area contributed by atoms with E-state index in [1.54, 1.807) is 25.2 Å². The van der Waals surface area contributed by atoms with Gasteiger partial charge in [-0.1, -0.05) is 18.2 Å². The highest BCUT2D eigenvalue weighted by molar-refractivity contribution is 5.90. The monoisotopic (exact) mass is 369 g/mol. The van der Waals surface area contributed by atoms with Gasteiger partial charge in [0.05, 0.1) is 0 Å². The first-order valence-electron chi connectivity index (χ1n) is 9.38. The number of nitrogens with zero attached hydrogens (tertiary/aromatic N) is 3. The third-order valence-electron chi connectivity index (χ3n) is 5.04. The fraction of sp³-hybridized carbons (Fsp3) is 0.450. The first-order chi connectivity index (χ1) is 13.0. The lowest BCUT2D eigenvalue weighted by Gasteiger charge is -2.32. The number of carbonyl (C=O) groups is 2. The van der Waals surface area contributed by atoms with Crippen molar-refractivity contribution in [3.05, 3.63) is 47.8 Å². The van der Waals surface area contributed by atoms with Crippen LogP contribution in [0.25, 0.3) is 0 Å². The molecule has 2 N–H and O–H groups in total. The Morgan fingerprint density at radius 1 is 1.30 bits per heavy atom. The maximum Gasteiger partial charge on any atom is 0.321 e. The van der Waals surface area contributed by atoms with E-state index in [-0.39, 0.29) is 11.9 Å². The number of hydrogen-bond donors (Lipinski definition) is 2. The molecule has 27 heavy (non-hydrogen) atoms. The van der Waals surface area contributed by atoms with Crippen LogP contribution in [0, 0.1) is 0 Å². The summed E-state index contributed by atoms with van der Waals surface area (Å²) in [6.45, 7) is 1.42. The van der Waals surface area contributed by atoms with Gasteiger partial charge >= 0.3 is 6.03 Å². The number of anilines is 1. The molecule has 0 aliphatic carbocycles. The van der Waals surface area contributed by atoms with Gasteiger partial charge in [0.25, 0.3) is 0 Å². The van der Waals surface area contributed by atoms with Crippen LogP contribution in [0.15, 0.2) is 36.5 Å². The minimum Gasteiger partial charge on any atom is -0.349 e. The Labute approximate surface area is 159 Å². The van der Waals surface area contributed by atoms with Crippen LogP contribution in [0.2, 0.25) is 0 Å². The Balaban J connectivity index is 1.63. The molecule has 1 fully saturated rings. The maximum absolute atomic E-state index is 12.8. The topological polar surface area (TPSA) is 81.3 Å². The highest BCUT2D eigenvalue weighted by Gasteiger charge is 2.25. The Kier molecular flexibility index (Phi) is 6.11. The maximum atomic E-state index is 12.8. The summed E-state index contributed by atoms with van der Waals surface area (Å²) in [7, 11) is 3.50. The third kappa shape index (κ3) is 4.87. The lowest BCUT2D eigenvalue weighted by molar-refractivity contribution is -0.128. The van der Waals surface area contributed by atoms with Crippen LogP contribution in [0.3, 0.4) is 0 Å². The average molecular weight is 369 g/mol. The fourth-order valence-corrected chi connectivity index (χ4v) is 3.43. The molecule has 2 heterocycles. The number of para-hydroxylation sites is 1. The minimum atomic E-state index is -0.0920. The number of aromatic amines is 1. The van der Waals surface area contributed by atoms with Crippen LogP contribution >= 0.6 is 0 Å². The predicted octanol–water partition coefficient (Wildman–Crippen LogP) is 2.84. The normalized spacial score (nSPS) is 16.8. The van der Waals surface area contributed by atoms with Gasteiger partial charge in [-0.15, -0.1) is 0 Å². The smallest absolute Gasteiger partial charge is 0.321 e. The van der Waals surface area contributed by atoms with E-state index in [0.29, 0.717) is 25.3 Å². The summed E-state index contributed by atoms with van der Waals surface area (Å²) in [6, 6.07) is 9.57. The predicted molar refractivity (Wildman–Crippen MR) is 105 cm³/mol. The summed E-state index contributed by atoms with van der Waals surface area (Å²) in [6.07, 6.45) is 4.79. The second-order valence-corrected chi connectivity index (χ2v) is 7.17. The molecule has 1 saturated heterocycles. The molecule has 2 aromatic rings. The zero-order valence-corrected chi connectivity index (χ0v) is 15.9. The van der Waals surface area contributed by atoms with E-state index in [1.165, 1.54) is 0 Å². The molecule has 0 spiro atoms. The van der Waals surface area contributed by atoms with Crippen molar-refractivity contribution < 1.29 is 9.59 Å². The summed E-state index contributed by atoms with van der Waals surface area (Å²) in [4.78, 5) is 28.1. The molecular weight excluding hydrogens is 342 g/mol. The summed E-state index contributed by atoms with van der Waals surface area (Å²) in [5, 5.41) is 10.1. The molecule has 3 amide bonds. The molecule has 1 aromatic heterocycles. The molecule has 1 atom stereocenters. The molecule has 144 valence electrons. The quantitative estimate of drug-likeness (QED) is 0.850. The lowest BCUT2D eigenvalue weighted by Crippen LogP contribution is -2.41. The van der Waals surface area contributed by atoms with Crippen LogP contribution in [0.4, 0.5) is 10.5 Å². The number of hydrogen-bond acceptors (Lipinski definition) is 3. The molecule has 0 saturated carbocycles. The fourth-order valence-electron chi connectivity index (χ4n) is 3.43. The number of benzene rings is 1. The number of piperidine rings is 1. The number of carbonyl (C=O) groups excluding carboxylic acids is 2. The summed E-state index contributed by atoms with van der Waals surface area (Å²) >= 11 is 0. The van der Waals surface area contributed by atoms with Crippen molar-refractivity contribution in [2.75, 3.05) is 32.5 Å². The SMILES string of the molecule is CN(C)C(=O)CCc1ccccc1NC(=O)N1CCCC(c2ccn[nH]2)C1. The molecule has 3 rings (SSSR count). The molecule has 0 radical (unpaired) electrons. The number of likely N-dealkylation sites (tertiary alicyclic amines) is 1. The van der Waals surface area contributed by atoms with Gasteiger partial charge in [0.15, 0.2) is 0 Å². The van der Waals surface area contributed by atoms with Gasteiger partial charge in [-0.3, -0.25) is 9.89 Å². The molecule has 7 nitrogen and oxygen atoms in total. The Morgan fingerprint density at radius 3 is 2.85 bits per heavy atom. The van der Waals surface area contributed by atoms with E-state index in [1.807, 2.05) is 35.2 Å². The molecule has 1 aliphatic rings. The van der Waals surface area contributed by atoms with E-state index < -0.39 is 0 Å². The zero-order chi connectivity index (χ0) is 19.2. The standard InChI is InChI=1S/C20H27N5O2/c1-24(2)19(26)10-9-15-6-3-4-8-17(15)22-20(27)25-13-5-7-16(14-25)18-11-12-21-23-18/h3-4,6,8,11-12,16H,5,7,9-10,13-14H2,1-2H3,(H,21,23)(H,22,27). The zero-order valence-electron chi connectivity index (χ0n) is 15.9. The number of amides is 3. The van der Waals surface area contributed by atoms with Crippen LogP contribution in [0.5, 0.6) is 0 Å². The van der Waals surface area contributed by atoms with Crippen LogP contribution in [-0.2, 0) is 11.2 Å². The largest absolute Gasteiger partial charge is 0.349 e. The molecule has 1 aromatic carbocycles. The Hall–Kier alpha value is -2.83. The average Bonchev–Trinajstić information content (AvgIpc) is 3.22. The summed E-state index contributed by atoms with van der Waals surface area (Å²) in [5.74, 6) is 0.370. The minimum absolute atomic E-state index is 0.0783. The van der Waals surface area contributed by atoms with Gasteiger partial charge in [-0.2, -0.15) is 5.10 Å². The van der Waals surface area contributed by atoms with Gasteiger partial charge in [-0.25, -0.2) is 4.79 Å². The van der Waals surface area contributed by atoms with Crippen molar-refractivity contribution in [3.8, 4) is 0 Å². The number of H-pyrrole nitrogens is 1. The van der Waals surface area contributed by atoms with Gasteiger partial charge in [0.1, 0.15) is 0 Å². The van der Waals surface area contributed by atoms with Gasteiger partial charge < -0.3 is 15.1 Å². The highest BCUT2D eigenvalue weighted by Crippen LogP contribution is 2.26. The molecule has 0 bridgehead atoms. The van der Waals surface area contributed by atoms with Crippen molar-refractivity contribution in [2.24, 2.45) is 0 Å².